The molecule has 0 spiro atoms. The number of ether oxygens (including phenoxy) is 1. The van der Waals surface area contributed by atoms with Crippen LogP contribution in [-0.4, -0.2) is 10.1 Å². The van der Waals surface area contributed by atoms with Gasteiger partial charge in [-0.25, -0.2) is 0 Å². The summed E-state index contributed by atoms with van der Waals surface area (Å²) in [6.45, 7) is 4.39. The van der Waals surface area contributed by atoms with E-state index in [4.69, 9.17) is 15.0 Å². The lowest BCUT2D eigenvalue weighted by molar-refractivity contribution is 0.0847. The van der Waals surface area contributed by atoms with Crippen LogP contribution >= 0.6 is 15.9 Å². The molecule has 0 amide bonds. The Morgan fingerprint density at radius 2 is 2.05 bits per heavy atom. The fourth-order valence-electron chi connectivity index (χ4n) is 1.44. The number of nitrogens with two attached hydrogens (primary N) is 1. The van der Waals surface area contributed by atoms with E-state index >= 15 is 0 Å². The number of halogens is 1. The maximum atomic E-state index is 5.88. The summed E-state index contributed by atoms with van der Waals surface area (Å²) in [5, 5.41) is 3.83. The van der Waals surface area contributed by atoms with Gasteiger partial charge in [-0.05, 0) is 25.5 Å². The molecule has 5 nitrogen and oxygen atoms in total. The summed E-state index contributed by atoms with van der Waals surface area (Å²) in [5.41, 5.74) is 6.34. The van der Waals surface area contributed by atoms with Crippen LogP contribution in [0.5, 0.6) is 0 Å². The average molecular weight is 326 g/mol. The van der Waals surface area contributed by atoms with E-state index in [1.807, 2.05) is 38.1 Å². The first kappa shape index (κ1) is 14.2. The van der Waals surface area contributed by atoms with Gasteiger partial charge in [0, 0.05) is 4.47 Å². The SMILES string of the molecule is CC(C)(N)c1noc(COCc2ccccc2Br)n1. The van der Waals surface area contributed by atoms with Crippen molar-refractivity contribution in [2.45, 2.75) is 32.6 Å². The molecule has 1 aromatic heterocycles. The summed E-state index contributed by atoms with van der Waals surface area (Å²) in [6.07, 6.45) is 0. The zero-order valence-corrected chi connectivity index (χ0v) is 12.5. The van der Waals surface area contributed by atoms with Crippen LogP contribution in [0.2, 0.25) is 0 Å². The third kappa shape index (κ3) is 3.86. The lowest BCUT2D eigenvalue weighted by Gasteiger charge is -2.11. The van der Waals surface area contributed by atoms with Gasteiger partial charge in [-0.3, -0.25) is 0 Å². The highest BCUT2D eigenvalue weighted by atomic mass is 79.9. The Balaban J connectivity index is 1.90. The number of aromatic nitrogens is 2. The second kappa shape index (κ2) is 5.81. The summed E-state index contributed by atoms with van der Waals surface area (Å²) in [7, 11) is 0. The molecule has 0 aliphatic heterocycles. The zero-order valence-electron chi connectivity index (χ0n) is 10.9. The van der Waals surface area contributed by atoms with E-state index in [1.54, 1.807) is 0 Å². The first-order chi connectivity index (χ1) is 8.97. The summed E-state index contributed by atoms with van der Waals surface area (Å²) >= 11 is 3.46. The van der Waals surface area contributed by atoms with Gasteiger partial charge in [0.1, 0.15) is 6.61 Å². The van der Waals surface area contributed by atoms with Crippen molar-refractivity contribution in [3.63, 3.8) is 0 Å². The number of hydrogen-bond donors (Lipinski definition) is 1. The minimum absolute atomic E-state index is 0.268. The maximum absolute atomic E-state index is 5.88. The van der Waals surface area contributed by atoms with E-state index in [0.717, 1.165) is 10.0 Å². The predicted molar refractivity (Wildman–Crippen MR) is 74.1 cm³/mol. The molecule has 0 saturated heterocycles. The molecule has 0 fully saturated rings. The first-order valence-corrected chi connectivity index (χ1v) is 6.69. The second-order valence-electron chi connectivity index (χ2n) is 4.82. The van der Waals surface area contributed by atoms with Gasteiger partial charge in [0.05, 0.1) is 12.1 Å². The number of hydrogen-bond acceptors (Lipinski definition) is 5. The van der Waals surface area contributed by atoms with Gasteiger partial charge in [0.2, 0.25) is 0 Å². The lowest BCUT2D eigenvalue weighted by atomic mass is 10.1. The standard InChI is InChI=1S/C13H16BrN3O2/c1-13(2,15)12-16-11(19-17-12)8-18-7-9-5-3-4-6-10(9)14/h3-6H,7-8,15H2,1-2H3. The highest BCUT2D eigenvalue weighted by molar-refractivity contribution is 9.10. The highest BCUT2D eigenvalue weighted by Gasteiger charge is 2.21. The van der Waals surface area contributed by atoms with Gasteiger partial charge >= 0.3 is 0 Å². The van der Waals surface area contributed by atoms with Crippen molar-refractivity contribution in [3.05, 3.63) is 46.0 Å². The third-order valence-electron chi connectivity index (χ3n) is 2.49. The summed E-state index contributed by atoms with van der Waals surface area (Å²) < 4.78 is 11.6. The summed E-state index contributed by atoms with van der Waals surface area (Å²) in [5.74, 6) is 0.910. The number of rotatable bonds is 5. The average Bonchev–Trinajstić information content (AvgIpc) is 2.80. The fourth-order valence-corrected chi connectivity index (χ4v) is 1.84. The molecule has 0 radical (unpaired) electrons. The van der Waals surface area contributed by atoms with E-state index in [1.165, 1.54) is 0 Å². The molecule has 6 heteroatoms. The molecule has 2 aromatic rings. The van der Waals surface area contributed by atoms with Gasteiger partial charge in [0.25, 0.3) is 5.89 Å². The van der Waals surface area contributed by atoms with Crippen molar-refractivity contribution in [1.82, 2.24) is 10.1 Å². The van der Waals surface area contributed by atoms with Crippen molar-refractivity contribution in [1.29, 1.82) is 0 Å². The lowest BCUT2D eigenvalue weighted by Crippen LogP contribution is -2.30. The highest BCUT2D eigenvalue weighted by Crippen LogP contribution is 2.17. The van der Waals surface area contributed by atoms with E-state index < -0.39 is 5.54 Å². The monoisotopic (exact) mass is 325 g/mol. The Morgan fingerprint density at radius 3 is 2.68 bits per heavy atom. The normalized spacial score (nSPS) is 11.8. The van der Waals surface area contributed by atoms with Crippen molar-refractivity contribution in [2.75, 3.05) is 0 Å². The van der Waals surface area contributed by atoms with E-state index in [-0.39, 0.29) is 6.61 Å². The molecule has 0 aliphatic carbocycles. The van der Waals surface area contributed by atoms with Crippen LogP contribution in [0.4, 0.5) is 0 Å². The van der Waals surface area contributed by atoms with Crippen LogP contribution in [0.1, 0.15) is 31.1 Å². The molecule has 0 unspecified atom stereocenters. The molecule has 1 aromatic carbocycles. The molecular formula is C13H16BrN3O2. The molecule has 19 heavy (non-hydrogen) atoms. The van der Waals surface area contributed by atoms with Crippen LogP contribution in [-0.2, 0) is 23.5 Å². The van der Waals surface area contributed by atoms with Gasteiger partial charge in [-0.2, -0.15) is 4.98 Å². The maximum Gasteiger partial charge on any atom is 0.252 e. The van der Waals surface area contributed by atoms with Gasteiger partial charge in [0.15, 0.2) is 5.82 Å². The van der Waals surface area contributed by atoms with Gasteiger partial charge in [-0.15, -0.1) is 0 Å². The Bertz CT molecular complexity index is 549. The van der Waals surface area contributed by atoms with Crippen LogP contribution in [0.15, 0.2) is 33.3 Å². The first-order valence-electron chi connectivity index (χ1n) is 5.90. The largest absolute Gasteiger partial charge is 0.367 e. The molecule has 0 atom stereocenters. The minimum atomic E-state index is -0.607. The zero-order chi connectivity index (χ0) is 13.9. The van der Waals surface area contributed by atoms with Crippen molar-refractivity contribution >= 4 is 15.9 Å². The molecule has 102 valence electrons. The van der Waals surface area contributed by atoms with Gasteiger partial charge < -0.3 is 15.0 Å². The van der Waals surface area contributed by atoms with Crippen LogP contribution in [0.3, 0.4) is 0 Å². The Morgan fingerprint density at radius 1 is 1.32 bits per heavy atom. The van der Waals surface area contributed by atoms with E-state index in [0.29, 0.717) is 18.3 Å². The minimum Gasteiger partial charge on any atom is -0.367 e. The van der Waals surface area contributed by atoms with Crippen LogP contribution in [0.25, 0.3) is 0 Å². The summed E-state index contributed by atoms with van der Waals surface area (Å²) in [6, 6.07) is 7.89. The molecule has 0 saturated carbocycles. The smallest absolute Gasteiger partial charge is 0.252 e. The van der Waals surface area contributed by atoms with Crippen molar-refractivity contribution in [2.24, 2.45) is 5.73 Å². The molecule has 0 bridgehead atoms. The Labute approximate surface area is 120 Å². The molecule has 2 N–H and O–H groups in total. The summed E-state index contributed by atoms with van der Waals surface area (Å²) in [4.78, 5) is 4.20. The van der Waals surface area contributed by atoms with Crippen molar-refractivity contribution < 1.29 is 9.26 Å². The molecular weight excluding hydrogens is 310 g/mol. The van der Waals surface area contributed by atoms with Crippen molar-refractivity contribution in [3.8, 4) is 0 Å². The van der Waals surface area contributed by atoms with Crippen LogP contribution in [0, 0.1) is 0 Å². The quantitative estimate of drug-likeness (QED) is 0.914. The Hall–Kier alpha value is -1.24. The Kier molecular flexibility index (Phi) is 4.34. The topological polar surface area (TPSA) is 74.2 Å². The molecule has 0 aliphatic rings. The fraction of sp³-hybridized carbons (Fsp3) is 0.385. The second-order valence-corrected chi connectivity index (χ2v) is 5.67. The van der Waals surface area contributed by atoms with E-state index in [2.05, 4.69) is 26.1 Å². The molecule has 2 rings (SSSR count). The molecule has 1 heterocycles. The number of benzene rings is 1. The van der Waals surface area contributed by atoms with Gasteiger partial charge in [-0.1, -0.05) is 39.3 Å². The third-order valence-corrected chi connectivity index (χ3v) is 3.26. The predicted octanol–water partition coefficient (Wildman–Crippen LogP) is 2.74. The van der Waals surface area contributed by atoms with Crippen LogP contribution < -0.4 is 5.73 Å². The number of nitrogens with zero attached hydrogens (tertiary/aromatic N) is 2. The van der Waals surface area contributed by atoms with E-state index in [9.17, 15) is 0 Å².